The summed E-state index contributed by atoms with van der Waals surface area (Å²) in [5, 5.41) is 4.28. The Kier molecular flexibility index (Phi) is 5.85. The van der Waals surface area contributed by atoms with E-state index in [1.807, 2.05) is 48.5 Å². The minimum absolute atomic E-state index is 0.429. The second kappa shape index (κ2) is 8.68. The highest BCUT2D eigenvalue weighted by atomic mass is 16.5. The van der Waals surface area contributed by atoms with Crippen LogP contribution < -0.4 is 10.2 Å². The molecular formula is C21H20N4O2. The lowest BCUT2D eigenvalue weighted by molar-refractivity contribution is 0.180. The van der Waals surface area contributed by atoms with Gasteiger partial charge in [-0.15, -0.1) is 0 Å². The number of fused-ring (bicyclic) bond motifs is 1. The molecule has 136 valence electrons. The average Bonchev–Trinajstić information content (AvgIpc) is 2.72. The van der Waals surface area contributed by atoms with Crippen molar-refractivity contribution in [1.82, 2.24) is 9.97 Å². The van der Waals surface area contributed by atoms with E-state index in [4.69, 9.17) is 4.74 Å². The van der Waals surface area contributed by atoms with E-state index in [2.05, 4.69) is 27.1 Å². The number of methoxy groups -OCH3 is 1. The van der Waals surface area contributed by atoms with Gasteiger partial charge in [-0.25, -0.2) is 14.8 Å². The van der Waals surface area contributed by atoms with E-state index < -0.39 is 6.09 Å². The van der Waals surface area contributed by atoms with Crippen LogP contribution in [0.2, 0.25) is 0 Å². The molecule has 0 aliphatic carbocycles. The SMILES string of the molecule is COC(=O)N(C)c1ccccc1C#CCCNc1ncnc2ccccc12. The van der Waals surface area contributed by atoms with Crippen molar-refractivity contribution < 1.29 is 9.53 Å². The number of hydrogen-bond donors (Lipinski definition) is 1. The average molecular weight is 360 g/mol. The molecule has 0 aliphatic rings. The number of hydrogen-bond acceptors (Lipinski definition) is 5. The number of nitrogens with one attached hydrogen (secondary N) is 1. The molecule has 3 aromatic rings. The Labute approximate surface area is 158 Å². The van der Waals surface area contributed by atoms with Crippen LogP contribution in [0.3, 0.4) is 0 Å². The smallest absolute Gasteiger partial charge is 0.413 e. The standard InChI is InChI=1S/C21H20N4O2/c1-25(21(26)27-2)19-13-6-3-9-16(19)10-7-8-14-22-20-17-11-4-5-12-18(17)23-15-24-20/h3-6,9,11-13,15H,8,14H2,1-2H3,(H,22,23,24). The summed E-state index contributed by atoms with van der Waals surface area (Å²) in [5.41, 5.74) is 2.39. The number of amides is 1. The number of benzene rings is 2. The van der Waals surface area contributed by atoms with E-state index in [0.717, 1.165) is 22.3 Å². The molecule has 0 atom stereocenters. The van der Waals surface area contributed by atoms with Gasteiger partial charge in [-0.05, 0) is 24.3 Å². The van der Waals surface area contributed by atoms with Gasteiger partial charge in [-0.3, -0.25) is 4.90 Å². The summed E-state index contributed by atoms with van der Waals surface area (Å²) in [7, 11) is 3.02. The van der Waals surface area contributed by atoms with Crippen molar-refractivity contribution in [2.24, 2.45) is 0 Å². The Morgan fingerprint density at radius 2 is 1.93 bits per heavy atom. The lowest BCUT2D eigenvalue weighted by Crippen LogP contribution is -2.26. The molecule has 27 heavy (non-hydrogen) atoms. The van der Waals surface area contributed by atoms with Gasteiger partial charge in [-0.1, -0.05) is 36.1 Å². The monoisotopic (exact) mass is 360 g/mol. The number of nitrogens with zero attached hydrogens (tertiary/aromatic N) is 3. The molecule has 0 saturated heterocycles. The molecule has 0 fully saturated rings. The molecule has 1 amide bonds. The fraction of sp³-hybridized carbons (Fsp3) is 0.190. The number of aromatic nitrogens is 2. The Balaban J connectivity index is 1.66. The van der Waals surface area contributed by atoms with Crippen LogP contribution in [0.25, 0.3) is 10.9 Å². The van der Waals surface area contributed by atoms with Crippen LogP contribution in [0, 0.1) is 11.8 Å². The Morgan fingerprint density at radius 3 is 2.78 bits per heavy atom. The van der Waals surface area contributed by atoms with Gasteiger partial charge < -0.3 is 10.1 Å². The maximum Gasteiger partial charge on any atom is 0.413 e. The van der Waals surface area contributed by atoms with Crippen molar-refractivity contribution >= 4 is 28.5 Å². The molecule has 0 unspecified atom stereocenters. The lowest BCUT2D eigenvalue weighted by Gasteiger charge is -2.16. The number of ether oxygens (including phenoxy) is 1. The van der Waals surface area contributed by atoms with E-state index in [-0.39, 0.29) is 0 Å². The summed E-state index contributed by atoms with van der Waals surface area (Å²) in [4.78, 5) is 21.7. The maximum absolute atomic E-state index is 11.7. The minimum Gasteiger partial charge on any atom is -0.452 e. The Morgan fingerprint density at radius 1 is 1.15 bits per heavy atom. The number of carbonyl (C=O) groups is 1. The van der Waals surface area contributed by atoms with Crippen molar-refractivity contribution in [2.75, 3.05) is 30.9 Å². The highest BCUT2D eigenvalue weighted by Gasteiger charge is 2.13. The van der Waals surface area contributed by atoms with Gasteiger partial charge in [0.25, 0.3) is 0 Å². The Bertz CT molecular complexity index is 1000. The molecule has 6 heteroatoms. The molecule has 0 radical (unpaired) electrons. The van der Waals surface area contributed by atoms with E-state index in [0.29, 0.717) is 18.7 Å². The first kappa shape index (κ1) is 18.2. The number of rotatable bonds is 4. The van der Waals surface area contributed by atoms with Gasteiger partial charge in [0.1, 0.15) is 12.1 Å². The highest BCUT2D eigenvalue weighted by Crippen LogP contribution is 2.19. The van der Waals surface area contributed by atoms with Crippen molar-refractivity contribution in [2.45, 2.75) is 6.42 Å². The molecule has 0 saturated carbocycles. The van der Waals surface area contributed by atoms with E-state index in [1.165, 1.54) is 12.0 Å². The molecule has 0 bridgehead atoms. The predicted molar refractivity (Wildman–Crippen MR) is 107 cm³/mol. The zero-order valence-electron chi connectivity index (χ0n) is 15.3. The first-order valence-corrected chi connectivity index (χ1v) is 8.54. The largest absolute Gasteiger partial charge is 0.452 e. The van der Waals surface area contributed by atoms with Crippen LogP contribution in [0.4, 0.5) is 16.3 Å². The van der Waals surface area contributed by atoms with Gasteiger partial charge in [0.05, 0.1) is 18.3 Å². The van der Waals surface area contributed by atoms with E-state index in [9.17, 15) is 4.79 Å². The van der Waals surface area contributed by atoms with E-state index >= 15 is 0 Å². The lowest BCUT2D eigenvalue weighted by atomic mass is 10.1. The van der Waals surface area contributed by atoms with Crippen LogP contribution >= 0.6 is 0 Å². The third kappa shape index (κ3) is 4.33. The van der Waals surface area contributed by atoms with Gasteiger partial charge in [0, 0.05) is 31.0 Å². The van der Waals surface area contributed by atoms with Gasteiger partial charge >= 0.3 is 6.09 Å². The molecule has 0 aliphatic heterocycles. The quantitative estimate of drug-likeness (QED) is 0.568. The fourth-order valence-electron chi connectivity index (χ4n) is 2.65. The second-order valence-electron chi connectivity index (χ2n) is 5.76. The predicted octanol–water partition coefficient (Wildman–Crippen LogP) is 3.69. The van der Waals surface area contributed by atoms with Crippen LogP contribution in [-0.2, 0) is 4.74 Å². The van der Waals surface area contributed by atoms with Crippen molar-refractivity contribution in [3.63, 3.8) is 0 Å². The second-order valence-corrected chi connectivity index (χ2v) is 5.76. The van der Waals surface area contributed by atoms with Crippen LogP contribution in [0.1, 0.15) is 12.0 Å². The summed E-state index contributed by atoms with van der Waals surface area (Å²) < 4.78 is 4.77. The third-order valence-corrected chi connectivity index (χ3v) is 4.02. The normalized spacial score (nSPS) is 10.0. The topological polar surface area (TPSA) is 67.3 Å². The van der Waals surface area contributed by atoms with Gasteiger partial charge in [0.2, 0.25) is 0 Å². The summed E-state index contributed by atoms with van der Waals surface area (Å²) in [5.74, 6) is 7.06. The van der Waals surface area contributed by atoms with Crippen LogP contribution in [0.5, 0.6) is 0 Å². The first-order chi connectivity index (χ1) is 13.2. The highest BCUT2D eigenvalue weighted by molar-refractivity contribution is 5.89. The summed E-state index contributed by atoms with van der Waals surface area (Å²) in [6.07, 6.45) is 1.76. The molecule has 1 heterocycles. The van der Waals surface area contributed by atoms with Gasteiger partial charge in [-0.2, -0.15) is 0 Å². The fourth-order valence-corrected chi connectivity index (χ4v) is 2.65. The summed E-state index contributed by atoms with van der Waals surface area (Å²) in [6.45, 7) is 0.656. The number of carbonyl (C=O) groups excluding carboxylic acids is 1. The molecule has 3 rings (SSSR count). The molecular weight excluding hydrogens is 340 g/mol. The number of para-hydroxylation sites is 2. The zero-order valence-corrected chi connectivity index (χ0v) is 15.3. The Hall–Kier alpha value is -3.59. The number of anilines is 2. The molecule has 6 nitrogen and oxygen atoms in total. The third-order valence-electron chi connectivity index (χ3n) is 4.02. The minimum atomic E-state index is -0.429. The zero-order chi connectivity index (χ0) is 19.1. The van der Waals surface area contributed by atoms with Crippen molar-refractivity contribution in [3.05, 3.63) is 60.4 Å². The van der Waals surface area contributed by atoms with Crippen molar-refractivity contribution in [3.8, 4) is 11.8 Å². The van der Waals surface area contributed by atoms with E-state index in [1.54, 1.807) is 13.4 Å². The molecule has 1 N–H and O–H groups in total. The molecule has 2 aromatic carbocycles. The van der Waals surface area contributed by atoms with Crippen LogP contribution in [-0.4, -0.2) is 36.8 Å². The maximum atomic E-state index is 11.7. The molecule has 0 spiro atoms. The van der Waals surface area contributed by atoms with Crippen molar-refractivity contribution in [1.29, 1.82) is 0 Å². The first-order valence-electron chi connectivity index (χ1n) is 8.54. The van der Waals surface area contributed by atoms with Crippen LogP contribution in [0.15, 0.2) is 54.9 Å². The van der Waals surface area contributed by atoms with Gasteiger partial charge in [0.15, 0.2) is 0 Å². The molecule has 1 aromatic heterocycles. The summed E-state index contributed by atoms with van der Waals surface area (Å²) >= 11 is 0. The summed E-state index contributed by atoms with van der Waals surface area (Å²) in [6, 6.07) is 15.3.